The van der Waals surface area contributed by atoms with Gasteiger partial charge in [-0.25, -0.2) is 9.78 Å². The topological polar surface area (TPSA) is 237 Å². The number of rotatable bonds is 12. The summed E-state index contributed by atoms with van der Waals surface area (Å²) in [5.74, 6) is -5.51. The number of aromatic nitrogens is 2. The van der Waals surface area contributed by atoms with E-state index in [0.29, 0.717) is 5.69 Å². The number of aliphatic hydroxyl groups is 1. The number of aromatic amines is 1. The Balaban J connectivity index is 2.74. The quantitative estimate of drug-likeness (QED) is 0.162. The van der Waals surface area contributed by atoms with Crippen molar-refractivity contribution in [2.75, 3.05) is 6.54 Å². The van der Waals surface area contributed by atoms with Crippen molar-refractivity contribution in [1.29, 1.82) is 0 Å². The van der Waals surface area contributed by atoms with E-state index in [1.807, 2.05) is 5.32 Å². The summed E-state index contributed by atoms with van der Waals surface area (Å²) in [7, 11) is 0. The maximum atomic E-state index is 12.4. The third kappa shape index (κ3) is 8.24. The highest BCUT2D eigenvalue weighted by atomic mass is 16.4. The van der Waals surface area contributed by atoms with Crippen molar-refractivity contribution in [3.05, 3.63) is 18.2 Å². The van der Waals surface area contributed by atoms with Gasteiger partial charge in [0.05, 0.1) is 25.4 Å². The number of carbonyl (C=O) groups excluding carboxylic acids is 3. The summed E-state index contributed by atoms with van der Waals surface area (Å²) in [5.41, 5.74) is 6.03. The number of aliphatic carboxylic acids is 2. The van der Waals surface area contributed by atoms with E-state index in [1.165, 1.54) is 19.4 Å². The predicted molar refractivity (Wildman–Crippen MR) is 98.7 cm³/mol. The molecule has 0 aromatic carbocycles. The van der Waals surface area contributed by atoms with Crippen LogP contribution in [0.15, 0.2) is 12.5 Å². The van der Waals surface area contributed by atoms with Gasteiger partial charge in [-0.05, 0) is 6.92 Å². The number of hydrogen-bond acceptors (Lipinski definition) is 8. The van der Waals surface area contributed by atoms with Crippen LogP contribution in [0.2, 0.25) is 0 Å². The number of nitrogens with one attached hydrogen (secondary N) is 4. The zero-order valence-electron chi connectivity index (χ0n) is 16.0. The van der Waals surface area contributed by atoms with Crippen LogP contribution < -0.4 is 21.7 Å². The Kier molecular flexibility index (Phi) is 9.38. The molecule has 30 heavy (non-hydrogen) atoms. The van der Waals surface area contributed by atoms with E-state index < -0.39 is 66.9 Å². The molecular formula is C16H24N6O8. The lowest BCUT2D eigenvalue weighted by Crippen LogP contribution is -2.56. The van der Waals surface area contributed by atoms with Crippen molar-refractivity contribution in [1.82, 2.24) is 25.9 Å². The molecule has 0 fully saturated rings. The average molecular weight is 428 g/mol. The Morgan fingerprint density at radius 1 is 1.13 bits per heavy atom. The van der Waals surface area contributed by atoms with E-state index in [2.05, 4.69) is 20.6 Å². The number of carbonyl (C=O) groups is 5. The molecule has 0 aliphatic rings. The maximum Gasteiger partial charge on any atom is 0.326 e. The Morgan fingerprint density at radius 3 is 2.30 bits per heavy atom. The SMILES string of the molecule is CC(O)C(N)C(=O)NC(Cc1cnc[nH]1)C(=O)NCC(=O)NC(CC(=O)O)C(=O)O. The fourth-order valence-corrected chi connectivity index (χ4v) is 2.22. The third-order valence-corrected chi connectivity index (χ3v) is 3.87. The van der Waals surface area contributed by atoms with Crippen LogP contribution in [0.3, 0.4) is 0 Å². The van der Waals surface area contributed by atoms with Crippen molar-refractivity contribution in [3.63, 3.8) is 0 Å². The first-order valence-electron chi connectivity index (χ1n) is 8.74. The van der Waals surface area contributed by atoms with Gasteiger partial charge in [-0.3, -0.25) is 19.2 Å². The molecule has 1 rings (SSSR count). The van der Waals surface area contributed by atoms with E-state index >= 15 is 0 Å². The summed E-state index contributed by atoms with van der Waals surface area (Å²) < 4.78 is 0. The highest BCUT2D eigenvalue weighted by Crippen LogP contribution is 2.01. The first kappa shape index (κ1) is 24.5. The van der Waals surface area contributed by atoms with Crippen molar-refractivity contribution < 1.29 is 39.3 Å². The molecule has 14 heteroatoms. The van der Waals surface area contributed by atoms with Gasteiger partial charge in [-0.1, -0.05) is 0 Å². The van der Waals surface area contributed by atoms with Crippen molar-refractivity contribution in [2.24, 2.45) is 5.73 Å². The first-order chi connectivity index (χ1) is 14.0. The number of nitrogens with two attached hydrogens (primary N) is 1. The van der Waals surface area contributed by atoms with E-state index in [0.717, 1.165) is 0 Å². The fourth-order valence-electron chi connectivity index (χ4n) is 2.22. The standard InChI is InChI=1S/C16H24N6O8/c1-7(23)13(17)15(28)22-9(2-8-4-18-6-20-8)14(27)19-5-11(24)21-10(16(29)30)3-12(25)26/h4,6-7,9-10,13,23H,2-3,5,17H2,1H3,(H,18,20)(H,19,27)(H,21,24)(H,22,28)(H,25,26)(H,29,30). The molecule has 4 atom stereocenters. The molecule has 0 radical (unpaired) electrons. The lowest BCUT2D eigenvalue weighted by Gasteiger charge is -2.21. The minimum Gasteiger partial charge on any atom is -0.481 e. The number of nitrogens with zero attached hydrogens (tertiary/aromatic N) is 1. The molecule has 4 unspecified atom stereocenters. The summed E-state index contributed by atoms with van der Waals surface area (Å²) in [6.07, 6.45) is 0.716. The minimum atomic E-state index is -1.67. The van der Waals surface area contributed by atoms with Crippen LogP contribution in [0, 0.1) is 0 Å². The van der Waals surface area contributed by atoms with Gasteiger partial charge in [0.2, 0.25) is 17.7 Å². The lowest BCUT2D eigenvalue weighted by atomic mass is 10.1. The zero-order valence-corrected chi connectivity index (χ0v) is 16.0. The molecular weight excluding hydrogens is 404 g/mol. The van der Waals surface area contributed by atoms with Gasteiger partial charge in [0.25, 0.3) is 0 Å². The van der Waals surface area contributed by atoms with Crippen LogP contribution in [0.25, 0.3) is 0 Å². The molecule has 0 spiro atoms. The Hall–Kier alpha value is -3.52. The van der Waals surface area contributed by atoms with E-state index in [9.17, 15) is 29.1 Å². The molecule has 0 bridgehead atoms. The fraction of sp³-hybridized carbons (Fsp3) is 0.500. The molecule has 0 aliphatic carbocycles. The smallest absolute Gasteiger partial charge is 0.326 e. The highest BCUT2D eigenvalue weighted by Gasteiger charge is 2.28. The summed E-state index contributed by atoms with van der Waals surface area (Å²) in [4.78, 5) is 64.6. The Bertz CT molecular complexity index is 766. The second kappa shape index (κ2) is 11.5. The zero-order chi connectivity index (χ0) is 22.8. The molecule has 0 aliphatic heterocycles. The molecule has 0 saturated heterocycles. The van der Waals surface area contributed by atoms with Crippen LogP contribution in [0.5, 0.6) is 0 Å². The van der Waals surface area contributed by atoms with Crippen LogP contribution in [-0.2, 0) is 30.4 Å². The lowest BCUT2D eigenvalue weighted by molar-refractivity contribution is -0.147. The summed E-state index contributed by atoms with van der Waals surface area (Å²) in [5, 5.41) is 33.6. The predicted octanol–water partition coefficient (Wildman–Crippen LogP) is -3.69. The Morgan fingerprint density at radius 2 is 1.80 bits per heavy atom. The molecule has 166 valence electrons. The first-order valence-corrected chi connectivity index (χ1v) is 8.74. The highest BCUT2D eigenvalue weighted by molar-refractivity contribution is 5.93. The van der Waals surface area contributed by atoms with Gasteiger partial charge in [-0.15, -0.1) is 0 Å². The number of hydrogen-bond donors (Lipinski definition) is 8. The van der Waals surface area contributed by atoms with Crippen LogP contribution in [0.1, 0.15) is 19.0 Å². The van der Waals surface area contributed by atoms with Gasteiger partial charge < -0.3 is 42.0 Å². The summed E-state index contributed by atoms with van der Waals surface area (Å²) >= 11 is 0. The summed E-state index contributed by atoms with van der Waals surface area (Å²) in [6, 6.07) is -4.15. The van der Waals surface area contributed by atoms with Crippen LogP contribution in [-0.4, -0.2) is 85.7 Å². The largest absolute Gasteiger partial charge is 0.481 e. The second-order valence-corrected chi connectivity index (χ2v) is 6.38. The average Bonchev–Trinajstić information content (AvgIpc) is 3.16. The maximum absolute atomic E-state index is 12.4. The molecule has 1 aromatic heterocycles. The number of carboxylic acids is 2. The summed E-state index contributed by atoms with van der Waals surface area (Å²) in [6.45, 7) is 0.634. The Labute approximate surface area is 170 Å². The number of H-pyrrole nitrogens is 1. The second-order valence-electron chi connectivity index (χ2n) is 6.38. The number of amides is 3. The van der Waals surface area contributed by atoms with Crippen molar-refractivity contribution in [3.8, 4) is 0 Å². The normalized spacial score (nSPS) is 14.6. The molecule has 3 amide bonds. The molecule has 14 nitrogen and oxygen atoms in total. The minimum absolute atomic E-state index is 0.0392. The van der Waals surface area contributed by atoms with Crippen molar-refractivity contribution in [2.45, 2.75) is 44.0 Å². The monoisotopic (exact) mass is 428 g/mol. The number of imidazole rings is 1. The van der Waals surface area contributed by atoms with Crippen LogP contribution >= 0.6 is 0 Å². The van der Waals surface area contributed by atoms with Crippen molar-refractivity contribution >= 4 is 29.7 Å². The molecule has 1 aromatic rings. The van der Waals surface area contributed by atoms with E-state index in [-0.39, 0.29) is 6.42 Å². The van der Waals surface area contributed by atoms with Gasteiger partial charge in [-0.2, -0.15) is 0 Å². The molecule has 0 saturated carbocycles. The molecule has 1 heterocycles. The number of aliphatic hydroxyl groups excluding tert-OH is 1. The van der Waals surface area contributed by atoms with Crippen LogP contribution in [0.4, 0.5) is 0 Å². The number of carboxylic acid groups (broad SMARTS) is 2. The van der Waals surface area contributed by atoms with Gasteiger partial charge in [0.1, 0.15) is 18.1 Å². The van der Waals surface area contributed by atoms with Gasteiger partial charge in [0.15, 0.2) is 0 Å². The third-order valence-electron chi connectivity index (χ3n) is 3.87. The van der Waals surface area contributed by atoms with Gasteiger partial charge in [0, 0.05) is 18.3 Å². The van der Waals surface area contributed by atoms with E-state index in [1.54, 1.807) is 0 Å². The van der Waals surface area contributed by atoms with E-state index in [4.69, 9.17) is 15.9 Å². The van der Waals surface area contributed by atoms with Gasteiger partial charge >= 0.3 is 11.9 Å². The molecule has 9 N–H and O–H groups in total.